The van der Waals surface area contributed by atoms with E-state index >= 15 is 0 Å². The summed E-state index contributed by atoms with van der Waals surface area (Å²) < 4.78 is 5.28. The summed E-state index contributed by atoms with van der Waals surface area (Å²) in [4.78, 5) is 12.2. The molecule has 0 amide bonds. The van der Waals surface area contributed by atoms with Crippen molar-refractivity contribution in [2.75, 3.05) is 11.1 Å². The van der Waals surface area contributed by atoms with Crippen molar-refractivity contribution in [1.82, 2.24) is 0 Å². The Bertz CT molecular complexity index is 639. The molecule has 0 saturated carbocycles. The van der Waals surface area contributed by atoms with Gasteiger partial charge in [0.2, 0.25) is 0 Å². The van der Waals surface area contributed by atoms with E-state index in [1.54, 1.807) is 12.1 Å². The van der Waals surface area contributed by atoms with Crippen LogP contribution >= 0.6 is 0 Å². The quantitative estimate of drug-likeness (QED) is 0.646. The molecule has 2 aromatic rings. The monoisotopic (exact) mass is 298 g/mol. The zero-order valence-corrected chi connectivity index (χ0v) is 13.2. The third-order valence-corrected chi connectivity index (χ3v) is 3.28. The Morgan fingerprint density at radius 2 is 1.77 bits per heavy atom. The lowest BCUT2D eigenvalue weighted by molar-refractivity contribution is 0.0379. The fourth-order valence-corrected chi connectivity index (χ4v) is 2.19. The topological polar surface area (TPSA) is 64.3 Å². The second-order valence-corrected chi connectivity index (χ2v) is 5.54. The lowest BCUT2D eigenvalue weighted by atomic mass is 10.1. The molecule has 0 heterocycles. The van der Waals surface area contributed by atoms with Crippen LogP contribution in [0.1, 0.15) is 42.7 Å². The minimum absolute atomic E-state index is 0.0652. The lowest BCUT2D eigenvalue weighted by Gasteiger charge is -2.19. The van der Waals surface area contributed by atoms with Gasteiger partial charge in [-0.05, 0) is 44.5 Å². The van der Waals surface area contributed by atoms with Crippen LogP contribution in [-0.4, -0.2) is 12.1 Å². The Morgan fingerprint density at radius 3 is 2.41 bits per heavy atom. The molecule has 3 N–H and O–H groups in total. The predicted octanol–water partition coefficient (Wildman–Crippen LogP) is 4.01. The zero-order valence-electron chi connectivity index (χ0n) is 13.2. The summed E-state index contributed by atoms with van der Waals surface area (Å²) in [6.07, 6.45) is -0.173. The van der Waals surface area contributed by atoms with Gasteiger partial charge in [-0.2, -0.15) is 0 Å². The minimum Gasteiger partial charge on any atom is -0.459 e. The SMILES string of the molecule is CC(C)OC(=O)c1cc(N)ccc1N[C@@H](C)c1ccccc1. The van der Waals surface area contributed by atoms with Crippen LogP contribution in [-0.2, 0) is 4.74 Å². The molecule has 0 spiro atoms. The van der Waals surface area contributed by atoms with Crippen LogP contribution < -0.4 is 11.1 Å². The second kappa shape index (κ2) is 6.98. The number of carbonyl (C=O) groups excluding carboxylic acids is 1. The Kier molecular flexibility index (Phi) is 5.04. The van der Waals surface area contributed by atoms with Crippen LogP contribution in [0.2, 0.25) is 0 Å². The van der Waals surface area contributed by atoms with Crippen molar-refractivity contribution >= 4 is 17.3 Å². The molecular formula is C18H22N2O2. The maximum atomic E-state index is 12.2. The molecule has 0 aliphatic carbocycles. The number of esters is 1. The van der Waals surface area contributed by atoms with Gasteiger partial charge in [0.1, 0.15) is 0 Å². The van der Waals surface area contributed by atoms with Crippen molar-refractivity contribution in [2.45, 2.75) is 32.9 Å². The number of rotatable bonds is 5. The average Bonchev–Trinajstić information content (AvgIpc) is 2.49. The normalized spacial score (nSPS) is 12.0. The Morgan fingerprint density at radius 1 is 1.09 bits per heavy atom. The van der Waals surface area contributed by atoms with Crippen molar-refractivity contribution < 1.29 is 9.53 Å². The highest BCUT2D eigenvalue weighted by molar-refractivity contribution is 5.96. The van der Waals surface area contributed by atoms with Crippen LogP contribution in [0.5, 0.6) is 0 Å². The third-order valence-electron chi connectivity index (χ3n) is 3.28. The summed E-state index contributed by atoms with van der Waals surface area (Å²) in [6.45, 7) is 5.69. The molecule has 0 aliphatic rings. The minimum atomic E-state index is -0.370. The lowest BCUT2D eigenvalue weighted by Crippen LogP contribution is -2.16. The van der Waals surface area contributed by atoms with Crippen LogP contribution in [0.4, 0.5) is 11.4 Å². The average molecular weight is 298 g/mol. The van der Waals surface area contributed by atoms with E-state index in [1.165, 1.54) is 0 Å². The highest BCUT2D eigenvalue weighted by Gasteiger charge is 2.16. The Labute approximate surface area is 131 Å². The number of hydrogen-bond donors (Lipinski definition) is 2. The molecule has 0 aromatic heterocycles. The van der Waals surface area contributed by atoms with Gasteiger partial charge in [-0.1, -0.05) is 30.3 Å². The van der Waals surface area contributed by atoms with Crippen LogP contribution in [0.25, 0.3) is 0 Å². The smallest absolute Gasteiger partial charge is 0.340 e. The van der Waals surface area contributed by atoms with Crippen molar-refractivity contribution in [3.05, 3.63) is 59.7 Å². The van der Waals surface area contributed by atoms with E-state index in [2.05, 4.69) is 5.32 Å². The van der Waals surface area contributed by atoms with E-state index < -0.39 is 0 Å². The highest BCUT2D eigenvalue weighted by Crippen LogP contribution is 2.25. The number of benzene rings is 2. The van der Waals surface area contributed by atoms with E-state index in [0.717, 1.165) is 11.3 Å². The number of nitrogen functional groups attached to an aromatic ring is 1. The molecule has 116 valence electrons. The summed E-state index contributed by atoms with van der Waals surface area (Å²) in [5.41, 5.74) is 8.65. The fraction of sp³-hybridized carbons (Fsp3) is 0.278. The van der Waals surface area contributed by atoms with Crippen molar-refractivity contribution in [2.24, 2.45) is 0 Å². The molecule has 2 rings (SSSR count). The summed E-state index contributed by atoms with van der Waals surface area (Å²) >= 11 is 0. The van der Waals surface area contributed by atoms with Gasteiger partial charge in [0, 0.05) is 17.4 Å². The maximum Gasteiger partial charge on any atom is 0.340 e. The maximum absolute atomic E-state index is 12.2. The summed E-state index contributed by atoms with van der Waals surface area (Å²) in [5, 5.41) is 3.35. The first-order valence-corrected chi connectivity index (χ1v) is 7.39. The molecule has 4 heteroatoms. The molecule has 0 aliphatic heterocycles. The number of carbonyl (C=O) groups is 1. The van der Waals surface area contributed by atoms with Gasteiger partial charge in [0.25, 0.3) is 0 Å². The Hall–Kier alpha value is -2.49. The van der Waals surface area contributed by atoms with Crippen LogP contribution in [0.3, 0.4) is 0 Å². The zero-order chi connectivity index (χ0) is 16.1. The van der Waals surface area contributed by atoms with E-state index in [0.29, 0.717) is 11.3 Å². The van der Waals surface area contributed by atoms with Gasteiger partial charge >= 0.3 is 5.97 Å². The first-order chi connectivity index (χ1) is 10.5. The van der Waals surface area contributed by atoms with Crippen LogP contribution in [0, 0.1) is 0 Å². The van der Waals surface area contributed by atoms with Crippen molar-refractivity contribution in [3.8, 4) is 0 Å². The molecule has 2 aromatic carbocycles. The van der Waals surface area contributed by atoms with Gasteiger partial charge < -0.3 is 15.8 Å². The van der Waals surface area contributed by atoms with Gasteiger partial charge in [0.05, 0.1) is 11.7 Å². The Balaban J connectivity index is 2.25. The molecule has 0 radical (unpaired) electrons. The van der Waals surface area contributed by atoms with E-state index in [1.807, 2.05) is 57.2 Å². The van der Waals surface area contributed by atoms with Gasteiger partial charge in [-0.25, -0.2) is 4.79 Å². The summed E-state index contributed by atoms with van der Waals surface area (Å²) in [6, 6.07) is 15.3. The predicted molar refractivity (Wildman–Crippen MR) is 89.9 cm³/mol. The molecule has 22 heavy (non-hydrogen) atoms. The van der Waals surface area contributed by atoms with E-state index in [9.17, 15) is 4.79 Å². The van der Waals surface area contributed by atoms with Gasteiger partial charge in [-0.15, -0.1) is 0 Å². The molecule has 0 saturated heterocycles. The van der Waals surface area contributed by atoms with Crippen molar-refractivity contribution in [3.63, 3.8) is 0 Å². The molecule has 0 unspecified atom stereocenters. The van der Waals surface area contributed by atoms with Gasteiger partial charge in [-0.3, -0.25) is 0 Å². The number of hydrogen-bond acceptors (Lipinski definition) is 4. The molecular weight excluding hydrogens is 276 g/mol. The van der Waals surface area contributed by atoms with Gasteiger partial charge in [0.15, 0.2) is 0 Å². The van der Waals surface area contributed by atoms with Crippen LogP contribution in [0.15, 0.2) is 48.5 Å². The third kappa shape index (κ3) is 4.01. The van der Waals surface area contributed by atoms with E-state index in [4.69, 9.17) is 10.5 Å². The summed E-state index contributed by atoms with van der Waals surface area (Å²) in [5.74, 6) is -0.370. The van der Waals surface area contributed by atoms with E-state index in [-0.39, 0.29) is 18.1 Å². The standard InChI is InChI=1S/C18H22N2O2/c1-12(2)22-18(21)16-11-15(19)9-10-17(16)20-13(3)14-7-5-4-6-8-14/h4-13,20H,19H2,1-3H3/t13-/m0/s1. The number of nitrogens with two attached hydrogens (primary N) is 1. The first kappa shape index (κ1) is 15.9. The highest BCUT2D eigenvalue weighted by atomic mass is 16.5. The molecule has 0 fully saturated rings. The largest absolute Gasteiger partial charge is 0.459 e. The molecule has 0 bridgehead atoms. The van der Waals surface area contributed by atoms with Crippen molar-refractivity contribution in [1.29, 1.82) is 0 Å². The number of anilines is 2. The number of nitrogens with one attached hydrogen (secondary N) is 1. The second-order valence-electron chi connectivity index (χ2n) is 5.54. The summed E-state index contributed by atoms with van der Waals surface area (Å²) in [7, 11) is 0. The molecule has 1 atom stereocenters. The first-order valence-electron chi connectivity index (χ1n) is 7.39. The number of ether oxygens (including phenoxy) is 1. The molecule has 4 nitrogen and oxygen atoms in total. The fourth-order valence-electron chi connectivity index (χ4n) is 2.19.